The fraction of sp³-hybridized carbons (Fsp3) is 0.778. The third-order valence-corrected chi connectivity index (χ3v) is 7.40. The number of carboxylic acids is 1. The molecule has 0 aromatic heterocycles. The van der Waals surface area contributed by atoms with Gasteiger partial charge in [-0.2, -0.15) is 0 Å². The summed E-state index contributed by atoms with van der Waals surface area (Å²) in [6, 6.07) is -0.289. The normalized spacial score (nSPS) is 35.2. The van der Waals surface area contributed by atoms with Gasteiger partial charge in [-0.3, -0.25) is 4.79 Å². The standard InChI is InChI=1S/C18H29N3O5S/c1-8-14-13(9(2)22)17(24)21(14)15(18(25)26)16(8)27-10-6-11(20-7-10)12(23)4-5-19-3/h8-14,19-20,22-23H,4-7H2,1-3H3,(H,25,26)/t8-,9-,10+,11+,12-,13-,14?/m1/s1. The van der Waals surface area contributed by atoms with Crippen LogP contribution in [0.3, 0.4) is 0 Å². The summed E-state index contributed by atoms with van der Waals surface area (Å²) in [6.45, 7) is 4.94. The van der Waals surface area contributed by atoms with Gasteiger partial charge in [0.05, 0.1) is 24.2 Å². The van der Waals surface area contributed by atoms with Crippen LogP contribution in [0.4, 0.5) is 0 Å². The maximum Gasteiger partial charge on any atom is 0.353 e. The minimum Gasteiger partial charge on any atom is -0.477 e. The number of amides is 1. The van der Waals surface area contributed by atoms with Gasteiger partial charge in [0, 0.05) is 28.7 Å². The van der Waals surface area contributed by atoms with Gasteiger partial charge in [-0.25, -0.2) is 4.79 Å². The van der Waals surface area contributed by atoms with E-state index < -0.39 is 24.1 Å². The topological polar surface area (TPSA) is 122 Å². The average molecular weight is 400 g/mol. The molecule has 0 saturated carbocycles. The lowest BCUT2D eigenvalue weighted by Gasteiger charge is -2.46. The quantitative estimate of drug-likeness (QED) is 0.349. The Morgan fingerprint density at radius 1 is 1.44 bits per heavy atom. The Balaban J connectivity index is 1.71. The Bertz CT molecular complexity index is 640. The van der Waals surface area contributed by atoms with Crippen LogP contribution in [0.1, 0.15) is 26.7 Å². The van der Waals surface area contributed by atoms with Crippen molar-refractivity contribution in [2.45, 2.75) is 56.2 Å². The van der Waals surface area contributed by atoms with Crippen LogP contribution in [-0.4, -0.2) is 81.8 Å². The summed E-state index contributed by atoms with van der Waals surface area (Å²) in [4.78, 5) is 26.3. The fourth-order valence-corrected chi connectivity index (χ4v) is 5.96. The highest BCUT2D eigenvalue weighted by atomic mass is 32.2. The fourth-order valence-electron chi connectivity index (χ4n) is 4.47. The summed E-state index contributed by atoms with van der Waals surface area (Å²) in [5.41, 5.74) is 0.0681. The lowest BCUT2D eigenvalue weighted by molar-refractivity contribution is -0.163. The number of aliphatic hydroxyl groups excluding tert-OH is 2. The van der Waals surface area contributed by atoms with Crippen molar-refractivity contribution in [1.29, 1.82) is 0 Å². The molecule has 1 unspecified atom stereocenters. The second kappa shape index (κ2) is 8.08. The zero-order chi connectivity index (χ0) is 19.9. The number of hydrogen-bond acceptors (Lipinski definition) is 7. The van der Waals surface area contributed by atoms with Crippen molar-refractivity contribution in [2.75, 3.05) is 20.1 Å². The summed E-state index contributed by atoms with van der Waals surface area (Å²) in [6.07, 6.45) is 0.168. The van der Waals surface area contributed by atoms with E-state index in [0.717, 1.165) is 13.0 Å². The molecule has 3 rings (SSSR count). The first-order valence-corrected chi connectivity index (χ1v) is 10.4. The second-order valence-electron chi connectivity index (χ2n) is 7.72. The maximum absolute atomic E-state index is 12.4. The summed E-state index contributed by atoms with van der Waals surface area (Å²) in [7, 11) is 1.85. The molecule has 3 aliphatic rings. The Morgan fingerprint density at radius 3 is 2.74 bits per heavy atom. The molecule has 1 amide bonds. The first-order valence-electron chi connectivity index (χ1n) is 9.49. The number of β-lactam (4-membered cyclic amide) rings is 1. The predicted molar refractivity (Wildman–Crippen MR) is 102 cm³/mol. The van der Waals surface area contributed by atoms with Gasteiger partial charge in [0.1, 0.15) is 5.70 Å². The Morgan fingerprint density at radius 2 is 2.15 bits per heavy atom. The minimum atomic E-state index is -1.10. The number of aliphatic carboxylic acids is 1. The first kappa shape index (κ1) is 20.6. The number of aliphatic hydroxyl groups is 2. The number of nitrogens with zero attached hydrogens (tertiary/aromatic N) is 1. The van der Waals surface area contributed by atoms with Gasteiger partial charge in [0.2, 0.25) is 5.91 Å². The van der Waals surface area contributed by atoms with Crippen LogP contribution in [0.2, 0.25) is 0 Å². The van der Waals surface area contributed by atoms with Crippen LogP contribution in [0.25, 0.3) is 0 Å². The Hall–Kier alpha value is -1.13. The lowest BCUT2D eigenvalue weighted by Crippen LogP contribution is -2.63. The van der Waals surface area contributed by atoms with Crippen molar-refractivity contribution in [2.24, 2.45) is 11.8 Å². The third-order valence-electron chi connectivity index (χ3n) is 5.88. The van der Waals surface area contributed by atoms with Crippen molar-refractivity contribution < 1.29 is 24.9 Å². The molecule has 3 heterocycles. The Labute approximate surface area is 163 Å². The van der Waals surface area contributed by atoms with Crippen LogP contribution in [0.15, 0.2) is 10.6 Å². The maximum atomic E-state index is 12.4. The monoisotopic (exact) mass is 399 g/mol. The van der Waals surface area contributed by atoms with Crippen molar-refractivity contribution in [1.82, 2.24) is 15.5 Å². The highest BCUT2D eigenvalue weighted by molar-refractivity contribution is 8.03. The molecule has 5 N–H and O–H groups in total. The molecular weight excluding hydrogens is 370 g/mol. The molecule has 9 heteroatoms. The number of thioether (sulfide) groups is 1. The van der Waals surface area contributed by atoms with Crippen LogP contribution in [0, 0.1) is 11.8 Å². The molecule has 8 nitrogen and oxygen atoms in total. The molecule has 0 radical (unpaired) electrons. The molecule has 2 fully saturated rings. The molecule has 0 bridgehead atoms. The summed E-state index contributed by atoms with van der Waals surface area (Å²) < 4.78 is 0. The molecule has 7 atom stereocenters. The van der Waals surface area contributed by atoms with Crippen molar-refractivity contribution >= 4 is 23.6 Å². The van der Waals surface area contributed by atoms with Crippen LogP contribution in [-0.2, 0) is 9.59 Å². The van der Waals surface area contributed by atoms with Gasteiger partial charge >= 0.3 is 5.97 Å². The SMILES string of the molecule is CNCC[C@@H](O)[C@@H]1C[C@H](SC2=C(C(=O)O)N3C(=O)[C@H]([C@@H](C)O)C3[C@H]2C)CN1. The number of nitrogens with one attached hydrogen (secondary N) is 2. The first-order chi connectivity index (χ1) is 12.8. The number of carboxylic acid groups (broad SMARTS) is 1. The van der Waals surface area contributed by atoms with Crippen molar-refractivity contribution in [3.63, 3.8) is 0 Å². The van der Waals surface area contributed by atoms with Crippen LogP contribution >= 0.6 is 11.8 Å². The van der Waals surface area contributed by atoms with Gasteiger partial charge in [-0.1, -0.05) is 6.92 Å². The lowest BCUT2D eigenvalue weighted by atomic mass is 9.79. The van der Waals surface area contributed by atoms with E-state index in [1.807, 2.05) is 14.0 Å². The molecule has 0 spiro atoms. The van der Waals surface area contributed by atoms with Gasteiger partial charge < -0.3 is 30.9 Å². The summed E-state index contributed by atoms with van der Waals surface area (Å²) in [5, 5.41) is 36.4. The van der Waals surface area contributed by atoms with Gasteiger partial charge in [0.25, 0.3) is 0 Å². The average Bonchev–Trinajstić information content (AvgIpc) is 3.15. The number of fused-ring (bicyclic) bond motifs is 1. The highest BCUT2D eigenvalue weighted by Gasteiger charge is 2.60. The van der Waals surface area contributed by atoms with Gasteiger partial charge in [0.15, 0.2) is 0 Å². The molecule has 2 saturated heterocycles. The zero-order valence-electron chi connectivity index (χ0n) is 15.9. The van der Waals surface area contributed by atoms with E-state index in [1.54, 1.807) is 6.92 Å². The molecule has 0 aliphatic carbocycles. The largest absolute Gasteiger partial charge is 0.477 e. The van der Waals surface area contributed by atoms with Crippen molar-refractivity contribution in [3.8, 4) is 0 Å². The molecule has 0 aromatic rings. The number of rotatable bonds is 8. The van der Waals surface area contributed by atoms with Crippen molar-refractivity contribution in [3.05, 3.63) is 10.6 Å². The van der Waals surface area contributed by atoms with E-state index in [1.165, 1.54) is 16.7 Å². The molecule has 27 heavy (non-hydrogen) atoms. The van der Waals surface area contributed by atoms with E-state index in [0.29, 0.717) is 17.9 Å². The Kier molecular flexibility index (Phi) is 6.17. The van der Waals surface area contributed by atoms with E-state index in [2.05, 4.69) is 10.6 Å². The van der Waals surface area contributed by atoms with Crippen LogP contribution in [0.5, 0.6) is 0 Å². The molecule has 152 valence electrons. The molecular formula is C18H29N3O5S. The third kappa shape index (κ3) is 3.63. The summed E-state index contributed by atoms with van der Waals surface area (Å²) >= 11 is 1.50. The number of carbonyl (C=O) groups excluding carboxylic acids is 1. The number of carbonyl (C=O) groups is 2. The van der Waals surface area contributed by atoms with E-state index >= 15 is 0 Å². The van der Waals surface area contributed by atoms with E-state index in [4.69, 9.17) is 0 Å². The van der Waals surface area contributed by atoms with Gasteiger partial charge in [-0.15, -0.1) is 11.8 Å². The summed E-state index contributed by atoms with van der Waals surface area (Å²) in [5.74, 6) is -2.06. The highest BCUT2D eigenvalue weighted by Crippen LogP contribution is 2.51. The van der Waals surface area contributed by atoms with E-state index in [9.17, 15) is 24.9 Å². The minimum absolute atomic E-state index is 0.00897. The molecule has 0 aromatic carbocycles. The van der Waals surface area contributed by atoms with E-state index in [-0.39, 0.29) is 34.9 Å². The van der Waals surface area contributed by atoms with Gasteiger partial charge in [-0.05, 0) is 33.4 Å². The zero-order valence-corrected chi connectivity index (χ0v) is 16.7. The number of hydrogen-bond donors (Lipinski definition) is 5. The van der Waals surface area contributed by atoms with Crippen LogP contribution < -0.4 is 10.6 Å². The molecule has 3 aliphatic heterocycles. The smallest absolute Gasteiger partial charge is 0.353 e. The second-order valence-corrected chi connectivity index (χ2v) is 9.06. The predicted octanol–water partition coefficient (Wildman–Crippen LogP) is -0.426.